The maximum Gasteiger partial charge on any atom is 0.139 e. The van der Waals surface area contributed by atoms with Gasteiger partial charge in [-0.05, 0) is 55.8 Å². The summed E-state index contributed by atoms with van der Waals surface area (Å²) in [6, 6.07) is 0. The Kier molecular flexibility index (Phi) is 3.04. The van der Waals surface area contributed by atoms with Gasteiger partial charge >= 0.3 is 0 Å². The Hall–Kier alpha value is -0.330. The molecule has 3 rings (SSSR count). The van der Waals surface area contributed by atoms with E-state index in [4.69, 9.17) is 0 Å². The van der Waals surface area contributed by atoms with Crippen molar-refractivity contribution in [2.24, 2.45) is 35.5 Å². The van der Waals surface area contributed by atoms with Crippen LogP contribution in [0.5, 0.6) is 0 Å². The monoisotopic (exact) mass is 234 g/mol. The third-order valence-electron chi connectivity index (χ3n) is 5.99. The molecule has 5 atom stereocenters. The van der Waals surface area contributed by atoms with Crippen LogP contribution in [-0.4, -0.2) is 5.78 Å². The minimum atomic E-state index is 0.428. The molecule has 1 nitrogen and oxygen atoms in total. The van der Waals surface area contributed by atoms with E-state index in [1.54, 1.807) is 0 Å². The van der Waals surface area contributed by atoms with Crippen molar-refractivity contribution in [1.29, 1.82) is 0 Å². The first-order chi connectivity index (χ1) is 8.18. The van der Waals surface area contributed by atoms with Crippen molar-refractivity contribution in [2.45, 2.75) is 58.8 Å². The normalized spacial score (nSPS) is 49.5. The lowest BCUT2D eigenvalue weighted by molar-refractivity contribution is -0.126. The Morgan fingerprint density at radius 1 is 0.882 bits per heavy atom. The van der Waals surface area contributed by atoms with Crippen molar-refractivity contribution < 1.29 is 4.79 Å². The lowest BCUT2D eigenvalue weighted by atomic mass is 9.73. The summed E-state index contributed by atoms with van der Waals surface area (Å²) in [6.07, 6.45) is 9.08. The summed E-state index contributed by atoms with van der Waals surface area (Å²) < 4.78 is 0. The predicted molar refractivity (Wildman–Crippen MR) is 69.6 cm³/mol. The molecule has 3 aliphatic rings. The molecule has 0 aromatic heterocycles. The van der Waals surface area contributed by atoms with Crippen LogP contribution in [0.1, 0.15) is 58.8 Å². The second-order valence-corrected chi connectivity index (χ2v) is 7.00. The average Bonchev–Trinajstić information content (AvgIpc) is 3.06. The minimum Gasteiger partial charge on any atom is -0.299 e. The van der Waals surface area contributed by atoms with Crippen molar-refractivity contribution in [3.63, 3.8) is 0 Å². The number of carbonyl (C=O) groups excluding carboxylic acids is 1. The number of fused-ring (bicyclic) bond motifs is 1. The highest BCUT2D eigenvalue weighted by Gasteiger charge is 2.55. The summed E-state index contributed by atoms with van der Waals surface area (Å²) in [7, 11) is 0. The van der Waals surface area contributed by atoms with Crippen LogP contribution in [0.3, 0.4) is 0 Å². The average molecular weight is 234 g/mol. The number of hydrogen-bond donors (Lipinski definition) is 0. The third-order valence-corrected chi connectivity index (χ3v) is 5.99. The summed E-state index contributed by atoms with van der Waals surface area (Å²) in [6.45, 7) is 4.69. The summed E-state index contributed by atoms with van der Waals surface area (Å²) in [5, 5.41) is 0. The van der Waals surface area contributed by atoms with Crippen molar-refractivity contribution >= 4 is 5.78 Å². The summed E-state index contributed by atoms with van der Waals surface area (Å²) >= 11 is 0. The number of carbonyl (C=O) groups is 1. The van der Waals surface area contributed by atoms with E-state index in [0.29, 0.717) is 17.6 Å². The van der Waals surface area contributed by atoms with Crippen LogP contribution >= 0.6 is 0 Å². The first kappa shape index (κ1) is 11.7. The SMILES string of the molecule is CC1CCC(C(=O)C2C3CCCCC32)CC1C. The molecule has 3 fully saturated rings. The van der Waals surface area contributed by atoms with Crippen LogP contribution in [0.4, 0.5) is 0 Å². The van der Waals surface area contributed by atoms with E-state index < -0.39 is 0 Å². The summed E-state index contributed by atoms with van der Waals surface area (Å²) in [5.74, 6) is 4.82. The highest BCUT2D eigenvalue weighted by molar-refractivity contribution is 5.86. The first-order valence-electron chi connectivity index (χ1n) is 7.72. The second-order valence-electron chi connectivity index (χ2n) is 7.00. The molecule has 1 heteroatoms. The second kappa shape index (κ2) is 4.40. The Bertz CT molecular complexity index is 297. The molecule has 5 unspecified atom stereocenters. The van der Waals surface area contributed by atoms with Crippen molar-refractivity contribution in [3.05, 3.63) is 0 Å². The smallest absolute Gasteiger partial charge is 0.139 e. The molecule has 96 valence electrons. The fourth-order valence-corrected chi connectivity index (χ4v) is 4.49. The fraction of sp³-hybridized carbons (Fsp3) is 0.938. The van der Waals surface area contributed by atoms with Gasteiger partial charge in [0.1, 0.15) is 5.78 Å². The molecule has 0 N–H and O–H groups in total. The van der Waals surface area contributed by atoms with Crippen LogP contribution in [0.25, 0.3) is 0 Å². The molecule has 17 heavy (non-hydrogen) atoms. The van der Waals surface area contributed by atoms with Crippen LogP contribution in [0.2, 0.25) is 0 Å². The minimum absolute atomic E-state index is 0.428. The third kappa shape index (κ3) is 2.06. The van der Waals surface area contributed by atoms with Crippen LogP contribution < -0.4 is 0 Å². The van der Waals surface area contributed by atoms with Gasteiger partial charge < -0.3 is 0 Å². The van der Waals surface area contributed by atoms with Crippen molar-refractivity contribution in [2.75, 3.05) is 0 Å². The largest absolute Gasteiger partial charge is 0.299 e. The van der Waals surface area contributed by atoms with Crippen LogP contribution in [0, 0.1) is 35.5 Å². The molecular formula is C16H26O. The summed E-state index contributed by atoms with van der Waals surface area (Å²) in [5.41, 5.74) is 0. The van der Waals surface area contributed by atoms with Gasteiger partial charge in [-0.1, -0.05) is 26.7 Å². The van der Waals surface area contributed by atoms with Gasteiger partial charge in [0.15, 0.2) is 0 Å². The lowest BCUT2D eigenvalue weighted by Gasteiger charge is -2.31. The Morgan fingerprint density at radius 3 is 2.12 bits per heavy atom. The molecule has 3 saturated carbocycles. The van der Waals surface area contributed by atoms with E-state index in [1.165, 1.54) is 44.9 Å². The zero-order chi connectivity index (χ0) is 12.0. The molecule has 3 aliphatic carbocycles. The zero-order valence-electron chi connectivity index (χ0n) is 11.3. The Labute approximate surface area is 105 Å². The molecule has 0 radical (unpaired) electrons. The highest BCUT2D eigenvalue weighted by atomic mass is 16.1. The molecule has 0 aromatic rings. The molecule has 0 saturated heterocycles. The Balaban J connectivity index is 1.60. The van der Waals surface area contributed by atoms with Crippen molar-refractivity contribution in [3.8, 4) is 0 Å². The van der Waals surface area contributed by atoms with Gasteiger partial charge in [-0.15, -0.1) is 0 Å². The molecule has 0 amide bonds. The number of rotatable bonds is 2. The number of Topliss-reactive ketones (excluding diaryl/α,β-unsaturated/α-hetero) is 1. The van der Waals surface area contributed by atoms with E-state index in [1.807, 2.05) is 0 Å². The van der Waals surface area contributed by atoms with E-state index in [0.717, 1.165) is 23.7 Å². The van der Waals surface area contributed by atoms with E-state index in [-0.39, 0.29) is 0 Å². The molecule has 0 bridgehead atoms. The molecular weight excluding hydrogens is 208 g/mol. The molecule has 0 spiro atoms. The maximum absolute atomic E-state index is 12.6. The fourth-order valence-electron chi connectivity index (χ4n) is 4.49. The first-order valence-corrected chi connectivity index (χ1v) is 7.72. The van der Waals surface area contributed by atoms with Gasteiger partial charge in [-0.2, -0.15) is 0 Å². The van der Waals surface area contributed by atoms with E-state index in [9.17, 15) is 4.79 Å². The van der Waals surface area contributed by atoms with Gasteiger partial charge in [0.05, 0.1) is 0 Å². The standard InChI is InChI=1S/C16H26O/c1-10-7-8-12(9-11(10)2)16(17)15-13-5-3-4-6-14(13)15/h10-15H,3-9H2,1-2H3. The highest BCUT2D eigenvalue weighted by Crippen LogP contribution is 2.57. The molecule has 0 aromatic carbocycles. The van der Waals surface area contributed by atoms with Crippen LogP contribution in [-0.2, 0) is 4.79 Å². The van der Waals surface area contributed by atoms with Gasteiger partial charge in [0.25, 0.3) is 0 Å². The van der Waals surface area contributed by atoms with Gasteiger partial charge in [-0.25, -0.2) is 0 Å². The maximum atomic E-state index is 12.6. The zero-order valence-corrected chi connectivity index (χ0v) is 11.3. The number of ketones is 1. The predicted octanol–water partition coefficient (Wildman–Crippen LogP) is 4.06. The topological polar surface area (TPSA) is 17.1 Å². The Morgan fingerprint density at radius 2 is 1.53 bits per heavy atom. The molecule has 0 heterocycles. The van der Waals surface area contributed by atoms with E-state index >= 15 is 0 Å². The van der Waals surface area contributed by atoms with Gasteiger partial charge in [0, 0.05) is 11.8 Å². The van der Waals surface area contributed by atoms with Crippen molar-refractivity contribution in [1.82, 2.24) is 0 Å². The lowest BCUT2D eigenvalue weighted by Crippen LogP contribution is -2.27. The van der Waals surface area contributed by atoms with Gasteiger partial charge in [0.2, 0.25) is 0 Å². The van der Waals surface area contributed by atoms with Crippen LogP contribution in [0.15, 0.2) is 0 Å². The quantitative estimate of drug-likeness (QED) is 0.704. The van der Waals surface area contributed by atoms with E-state index in [2.05, 4.69) is 13.8 Å². The van der Waals surface area contributed by atoms with Gasteiger partial charge in [-0.3, -0.25) is 4.79 Å². The summed E-state index contributed by atoms with van der Waals surface area (Å²) in [4.78, 5) is 12.6. The molecule has 0 aliphatic heterocycles. The number of hydrogen-bond acceptors (Lipinski definition) is 1.